The Hall–Kier alpha value is -0.502. The van der Waals surface area contributed by atoms with Gasteiger partial charge in [-0.15, -0.1) is 0 Å². The Kier molecular flexibility index (Phi) is 18.4. The third-order valence-electron chi connectivity index (χ3n) is 0.301. The van der Waals surface area contributed by atoms with Crippen molar-refractivity contribution in [3.8, 4) is 0 Å². The van der Waals surface area contributed by atoms with Gasteiger partial charge in [-0.1, -0.05) is 0 Å². The van der Waals surface area contributed by atoms with Crippen LogP contribution in [0.4, 0.5) is 0 Å². The molecule has 0 saturated heterocycles. The summed E-state index contributed by atoms with van der Waals surface area (Å²) in [5.41, 5.74) is 0. The van der Waals surface area contributed by atoms with Gasteiger partial charge in [0.05, 0.1) is 0 Å². The monoisotopic (exact) mass is 229 g/mol. The van der Waals surface area contributed by atoms with Crippen LogP contribution in [-0.2, 0) is 35.4 Å². The zero-order chi connectivity index (χ0) is 7.86. The molecule has 5 heteroatoms. The van der Waals surface area contributed by atoms with E-state index in [0.29, 0.717) is 0 Å². The molecule has 1 N–H and O–H groups in total. The van der Waals surface area contributed by atoms with Crippen LogP contribution in [0.3, 0.4) is 0 Å². The molecule has 0 rings (SSSR count). The standard InChI is InChI=1S/C3H4O3.C2H3O.Mo/c1-2(4)3(5)6;1-2-3;/h1H3,(H,5,6);1H3;/q;-1;. The van der Waals surface area contributed by atoms with Crippen molar-refractivity contribution >= 4 is 18.0 Å². The number of carboxylic acid groups (broad SMARTS) is 1. The van der Waals surface area contributed by atoms with Crippen molar-refractivity contribution in [1.82, 2.24) is 0 Å². The minimum absolute atomic E-state index is 0. The van der Waals surface area contributed by atoms with Crippen molar-refractivity contribution in [2.45, 2.75) is 13.8 Å². The molecular formula is C5H7MoO4-. The van der Waals surface area contributed by atoms with E-state index in [0.717, 1.165) is 6.92 Å². The summed E-state index contributed by atoms with van der Waals surface area (Å²) in [6.45, 7) is 2.32. The first-order chi connectivity index (χ1) is 4.06. The summed E-state index contributed by atoms with van der Waals surface area (Å²) in [6, 6.07) is 0. The van der Waals surface area contributed by atoms with Gasteiger partial charge in [0.2, 0.25) is 5.78 Å². The van der Waals surface area contributed by atoms with E-state index in [1.54, 1.807) is 0 Å². The van der Waals surface area contributed by atoms with Crippen molar-refractivity contribution in [2.24, 2.45) is 0 Å². The van der Waals surface area contributed by atoms with E-state index in [4.69, 9.17) is 9.90 Å². The summed E-state index contributed by atoms with van der Waals surface area (Å²) in [4.78, 5) is 27.6. The summed E-state index contributed by atoms with van der Waals surface area (Å²) in [5, 5.41) is 7.64. The van der Waals surface area contributed by atoms with Crippen LogP contribution in [0, 0.1) is 0 Å². The summed E-state index contributed by atoms with van der Waals surface area (Å²) in [6.07, 6.45) is 1.50. The Morgan fingerprint density at radius 3 is 1.50 bits per heavy atom. The van der Waals surface area contributed by atoms with Gasteiger partial charge in [-0.2, -0.15) is 6.92 Å². The van der Waals surface area contributed by atoms with Crippen LogP contribution in [0.5, 0.6) is 0 Å². The fourth-order valence-corrected chi connectivity index (χ4v) is 0. The van der Waals surface area contributed by atoms with Crippen LogP contribution in [0.1, 0.15) is 13.8 Å². The molecule has 0 atom stereocenters. The largest absolute Gasteiger partial charge is 0.542 e. The maximum absolute atomic E-state index is 9.54. The first-order valence-electron chi connectivity index (χ1n) is 2.09. The van der Waals surface area contributed by atoms with Gasteiger partial charge in [0.15, 0.2) is 0 Å². The fraction of sp³-hybridized carbons (Fsp3) is 0.400. The van der Waals surface area contributed by atoms with Gasteiger partial charge < -0.3 is 9.90 Å². The van der Waals surface area contributed by atoms with Crippen molar-refractivity contribution in [2.75, 3.05) is 0 Å². The minimum Gasteiger partial charge on any atom is -0.542 e. The Morgan fingerprint density at radius 1 is 1.40 bits per heavy atom. The van der Waals surface area contributed by atoms with Gasteiger partial charge >= 0.3 is 5.97 Å². The molecule has 0 unspecified atom stereocenters. The van der Waals surface area contributed by atoms with E-state index in [1.807, 2.05) is 0 Å². The van der Waals surface area contributed by atoms with Crippen molar-refractivity contribution < 1.29 is 40.6 Å². The van der Waals surface area contributed by atoms with E-state index >= 15 is 0 Å². The number of Topliss-reactive ketones (excluding diaryl/α,β-unsaturated/α-hetero) is 1. The third-order valence-corrected chi connectivity index (χ3v) is 0.301. The number of ketones is 1. The van der Waals surface area contributed by atoms with Gasteiger partial charge in [0, 0.05) is 28.0 Å². The molecule has 0 aromatic rings. The fourth-order valence-electron chi connectivity index (χ4n) is 0. The topological polar surface area (TPSA) is 71.4 Å². The van der Waals surface area contributed by atoms with Crippen LogP contribution in [0.15, 0.2) is 0 Å². The second kappa shape index (κ2) is 11.3. The Bertz CT molecular complexity index is 109. The Morgan fingerprint density at radius 2 is 1.50 bits per heavy atom. The second-order valence-corrected chi connectivity index (χ2v) is 1.07. The van der Waals surface area contributed by atoms with Gasteiger partial charge in [0.25, 0.3) is 0 Å². The average molecular weight is 227 g/mol. The number of carboxylic acids is 1. The molecule has 0 bridgehead atoms. The average Bonchev–Trinajstić information content (AvgIpc) is 1.68. The minimum atomic E-state index is -1.38. The maximum Gasteiger partial charge on any atom is 0.371 e. The summed E-state index contributed by atoms with van der Waals surface area (Å²) in [5.74, 6) is -2.20. The van der Waals surface area contributed by atoms with Gasteiger partial charge in [-0.3, -0.25) is 11.1 Å². The number of carbonyl (C=O) groups is 2. The molecule has 0 fully saturated rings. The molecule has 0 aliphatic rings. The number of hydrogen-bond donors (Lipinski definition) is 1. The summed E-state index contributed by atoms with van der Waals surface area (Å²) in [7, 11) is 0. The maximum atomic E-state index is 9.54. The van der Waals surface area contributed by atoms with Gasteiger partial charge in [-0.05, 0) is 0 Å². The molecule has 0 aliphatic carbocycles. The molecule has 0 saturated carbocycles. The molecule has 0 spiro atoms. The van der Waals surface area contributed by atoms with E-state index in [-0.39, 0.29) is 21.1 Å². The molecule has 0 aromatic carbocycles. The van der Waals surface area contributed by atoms with Crippen LogP contribution < -0.4 is 0 Å². The van der Waals surface area contributed by atoms with Crippen LogP contribution >= 0.6 is 0 Å². The van der Waals surface area contributed by atoms with E-state index < -0.39 is 11.8 Å². The number of carbonyl (C=O) groups excluding carboxylic acids is 2. The van der Waals surface area contributed by atoms with Crippen molar-refractivity contribution in [3.05, 3.63) is 0 Å². The van der Waals surface area contributed by atoms with Crippen molar-refractivity contribution in [1.29, 1.82) is 0 Å². The molecule has 0 heterocycles. The predicted molar refractivity (Wildman–Crippen MR) is 29.7 cm³/mol. The van der Waals surface area contributed by atoms with E-state index in [2.05, 4.69) is 0 Å². The SMILES string of the molecule is CC(=O)C(=O)O.C[C-]=O.[Mo]. The predicted octanol–water partition coefficient (Wildman–Crippen LogP) is -0.226. The molecule has 0 radical (unpaired) electrons. The summed E-state index contributed by atoms with van der Waals surface area (Å²) >= 11 is 0. The molecule has 0 amide bonds. The van der Waals surface area contributed by atoms with E-state index in [9.17, 15) is 9.59 Å². The first kappa shape index (κ1) is 16.2. The molecule has 0 aliphatic heterocycles. The van der Waals surface area contributed by atoms with Crippen LogP contribution in [-0.4, -0.2) is 23.1 Å². The van der Waals surface area contributed by atoms with Crippen LogP contribution in [0.25, 0.3) is 0 Å². The number of rotatable bonds is 1. The van der Waals surface area contributed by atoms with Gasteiger partial charge in [0.1, 0.15) is 0 Å². The molecule has 58 valence electrons. The molecule has 0 aromatic heterocycles. The molecule has 10 heavy (non-hydrogen) atoms. The smallest absolute Gasteiger partial charge is 0.371 e. The normalized spacial score (nSPS) is 5.80. The zero-order valence-electron chi connectivity index (χ0n) is 5.58. The Labute approximate surface area is 72.9 Å². The Balaban J connectivity index is -0.000000107. The summed E-state index contributed by atoms with van der Waals surface area (Å²) < 4.78 is 0. The van der Waals surface area contributed by atoms with Crippen LogP contribution in [0.2, 0.25) is 0 Å². The number of aliphatic carboxylic acids is 1. The van der Waals surface area contributed by atoms with Gasteiger partial charge in [-0.25, -0.2) is 4.79 Å². The second-order valence-electron chi connectivity index (χ2n) is 1.07. The van der Waals surface area contributed by atoms with Crippen molar-refractivity contribution in [3.63, 3.8) is 0 Å². The molecular weight excluding hydrogens is 220 g/mol. The molecule has 4 nitrogen and oxygen atoms in total. The third kappa shape index (κ3) is 25.9. The number of hydrogen-bond acceptors (Lipinski definition) is 3. The quantitative estimate of drug-likeness (QED) is 0.381. The first-order valence-corrected chi connectivity index (χ1v) is 2.09. The van der Waals surface area contributed by atoms with E-state index in [1.165, 1.54) is 13.2 Å². The zero-order valence-corrected chi connectivity index (χ0v) is 7.59.